The molecule has 0 nitrogen and oxygen atoms in total. The van der Waals surface area contributed by atoms with Crippen molar-refractivity contribution in [1.82, 2.24) is 0 Å². The van der Waals surface area contributed by atoms with Crippen LogP contribution in [0.15, 0.2) is 146 Å². The van der Waals surface area contributed by atoms with Crippen LogP contribution in [0, 0.1) is 0 Å². The summed E-state index contributed by atoms with van der Waals surface area (Å²) in [5.74, 6) is 0. The van der Waals surface area contributed by atoms with E-state index in [1.165, 1.54) is 64.7 Å². The standard InChI is InChI=1S/C40H30S/c1-39(2)33-18-7-9-20-35(33)40(28-13-4-3-5-14-28,36-21-10-8-19-34(36)39)29-25-23-27(24-26-29)30-16-12-17-32-31-15-6-11-22-37(31)41-38(30)32/h3-26H,1-2H3. The van der Waals surface area contributed by atoms with Crippen LogP contribution < -0.4 is 0 Å². The number of fused-ring (bicyclic) bond motifs is 5. The van der Waals surface area contributed by atoms with Crippen LogP contribution in [-0.4, -0.2) is 0 Å². The Kier molecular flexibility index (Phi) is 5.36. The molecule has 0 N–H and O–H groups in total. The Morgan fingerprint density at radius 1 is 0.439 bits per heavy atom. The Labute approximate surface area is 245 Å². The minimum Gasteiger partial charge on any atom is -0.135 e. The van der Waals surface area contributed by atoms with Gasteiger partial charge in [0.25, 0.3) is 0 Å². The van der Waals surface area contributed by atoms with Crippen molar-refractivity contribution in [2.45, 2.75) is 24.7 Å². The third-order valence-electron chi connectivity index (χ3n) is 9.25. The molecule has 1 aliphatic rings. The van der Waals surface area contributed by atoms with Crippen LogP contribution in [0.4, 0.5) is 0 Å². The van der Waals surface area contributed by atoms with Crippen molar-refractivity contribution in [1.29, 1.82) is 0 Å². The molecular weight excluding hydrogens is 513 g/mol. The average molecular weight is 543 g/mol. The summed E-state index contributed by atoms with van der Waals surface area (Å²) in [6.07, 6.45) is 0. The highest BCUT2D eigenvalue weighted by molar-refractivity contribution is 7.26. The molecule has 196 valence electrons. The predicted octanol–water partition coefficient (Wildman–Crippen LogP) is 10.7. The highest BCUT2D eigenvalue weighted by atomic mass is 32.1. The molecule has 0 saturated carbocycles. The Morgan fingerprint density at radius 3 is 1.66 bits per heavy atom. The largest absolute Gasteiger partial charge is 0.135 e. The van der Waals surface area contributed by atoms with Gasteiger partial charge in [-0.05, 0) is 50.6 Å². The summed E-state index contributed by atoms with van der Waals surface area (Å²) in [6.45, 7) is 4.74. The average Bonchev–Trinajstić information content (AvgIpc) is 3.42. The summed E-state index contributed by atoms with van der Waals surface area (Å²) in [5.41, 5.74) is 10.2. The van der Waals surface area contributed by atoms with Crippen LogP contribution in [-0.2, 0) is 10.8 Å². The highest BCUT2D eigenvalue weighted by Gasteiger charge is 2.48. The molecule has 1 aromatic heterocycles. The Morgan fingerprint density at radius 2 is 0.976 bits per heavy atom. The van der Waals surface area contributed by atoms with Gasteiger partial charge < -0.3 is 0 Å². The summed E-state index contributed by atoms with van der Waals surface area (Å²) in [6, 6.07) is 54.2. The van der Waals surface area contributed by atoms with Gasteiger partial charge in [0.05, 0.1) is 5.41 Å². The third-order valence-corrected chi connectivity index (χ3v) is 10.5. The van der Waals surface area contributed by atoms with E-state index in [9.17, 15) is 0 Å². The fourth-order valence-corrected chi connectivity index (χ4v) is 8.59. The number of hydrogen-bond donors (Lipinski definition) is 0. The lowest BCUT2D eigenvalue weighted by molar-refractivity contribution is 0.558. The fraction of sp³-hybridized carbons (Fsp3) is 0.100. The van der Waals surface area contributed by atoms with Crippen molar-refractivity contribution >= 4 is 31.5 Å². The smallest absolute Gasteiger partial charge is 0.0707 e. The number of thiophene rings is 1. The van der Waals surface area contributed by atoms with Crippen LogP contribution in [0.2, 0.25) is 0 Å². The van der Waals surface area contributed by atoms with Crippen LogP contribution in [0.1, 0.15) is 47.2 Å². The normalized spacial score (nSPS) is 15.0. The van der Waals surface area contributed by atoms with Crippen LogP contribution in [0.5, 0.6) is 0 Å². The zero-order valence-electron chi connectivity index (χ0n) is 23.3. The monoisotopic (exact) mass is 542 g/mol. The van der Waals surface area contributed by atoms with E-state index in [0.717, 1.165) is 0 Å². The molecule has 1 heteroatoms. The van der Waals surface area contributed by atoms with Crippen molar-refractivity contribution in [3.63, 3.8) is 0 Å². The van der Waals surface area contributed by atoms with Gasteiger partial charge in [-0.1, -0.05) is 153 Å². The molecule has 0 bridgehead atoms. The Balaban J connectivity index is 1.40. The zero-order valence-corrected chi connectivity index (χ0v) is 24.1. The van der Waals surface area contributed by atoms with Gasteiger partial charge in [0.15, 0.2) is 0 Å². The topological polar surface area (TPSA) is 0 Å². The molecule has 0 fully saturated rings. The molecule has 41 heavy (non-hydrogen) atoms. The summed E-state index contributed by atoms with van der Waals surface area (Å²) in [4.78, 5) is 0. The van der Waals surface area contributed by atoms with E-state index in [1.807, 2.05) is 11.3 Å². The lowest BCUT2D eigenvalue weighted by atomic mass is 9.54. The summed E-state index contributed by atoms with van der Waals surface area (Å²) >= 11 is 1.89. The highest BCUT2D eigenvalue weighted by Crippen LogP contribution is 2.56. The first-order valence-corrected chi connectivity index (χ1v) is 15.2. The number of benzene rings is 6. The van der Waals surface area contributed by atoms with E-state index < -0.39 is 5.41 Å². The minimum atomic E-state index is -0.411. The summed E-state index contributed by atoms with van der Waals surface area (Å²) in [5, 5.41) is 2.68. The minimum absolute atomic E-state index is 0.0950. The van der Waals surface area contributed by atoms with Crippen molar-refractivity contribution in [3.8, 4) is 11.1 Å². The van der Waals surface area contributed by atoms with E-state index in [0.29, 0.717) is 0 Å². The van der Waals surface area contributed by atoms with Crippen molar-refractivity contribution in [2.75, 3.05) is 0 Å². The van der Waals surface area contributed by atoms with Crippen molar-refractivity contribution in [2.24, 2.45) is 0 Å². The molecule has 7 aromatic rings. The van der Waals surface area contributed by atoms with Gasteiger partial charge >= 0.3 is 0 Å². The third kappa shape index (κ3) is 3.39. The van der Waals surface area contributed by atoms with Crippen molar-refractivity contribution in [3.05, 3.63) is 179 Å². The maximum Gasteiger partial charge on any atom is 0.0707 e. The van der Waals surface area contributed by atoms with E-state index in [2.05, 4.69) is 159 Å². The van der Waals surface area contributed by atoms with Crippen LogP contribution in [0.25, 0.3) is 31.3 Å². The molecule has 0 radical (unpaired) electrons. The second-order valence-electron chi connectivity index (χ2n) is 11.7. The molecule has 0 unspecified atom stereocenters. The van der Waals surface area contributed by atoms with Gasteiger partial charge in [-0.15, -0.1) is 11.3 Å². The zero-order chi connectivity index (χ0) is 27.6. The molecule has 0 aliphatic heterocycles. The maximum atomic E-state index is 2.38. The SMILES string of the molecule is CC1(C)c2ccccc2C(c2ccccc2)(c2ccc(-c3cccc4c3sc3ccccc34)cc2)c2ccccc21. The lowest BCUT2D eigenvalue weighted by Gasteiger charge is -2.48. The van der Waals surface area contributed by atoms with E-state index in [1.54, 1.807) is 0 Å². The maximum absolute atomic E-state index is 2.38. The van der Waals surface area contributed by atoms with Gasteiger partial charge in [-0.2, -0.15) is 0 Å². The first-order valence-electron chi connectivity index (χ1n) is 14.4. The van der Waals surface area contributed by atoms with Gasteiger partial charge in [-0.25, -0.2) is 0 Å². The Hall–Kier alpha value is -4.46. The van der Waals surface area contributed by atoms with Crippen LogP contribution >= 0.6 is 11.3 Å². The molecule has 1 heterocycles. The van der Waals surface area contributed by atoms with E-state index in [-0.39, 0.29) is 5.41 Å². The van der Waals surface area contributed by atoms with Crippen molar-refractivity contribution < 1.29 is 0 Å². The molecule has 0 amide bonds. The summed E-state index contributed by atoms with van der Waals surface area (Å²) < 4.78 is 2.70. The van der Waals surface area contributed by atoms with E-state index in [4.69, 9.17) is 0 Å². The second-order valence-corrected chi connectivity index (χ2v) is 12.7. The molecule has 0 saturated heterocycles. The molecule has 0 spiro atoms. The van der Waals surface area contributed by atoms with Gasteiger partial charge in [0.1, 0.15) is 0 Å². The number of hydrogen-bond acceptors (Lipinski definition) is 1. The van der Waals surface area contributed by atoms with Gasteiger partial charge in [0.2, 0.25) is 0 Å². The predicted molar refractivity (Wildman–Crippen MR) is 175 cm³/mol. The first-order chi connectivity index (χ1) is 20.1. The van der Waals surface area contributed by atoms with Crippen LogP contribution in [0.3, 0.4) is 0 Å². The second kappa shape index (κ2) is 9.03. The first kappa shape index (κ1) is 24.3. The lowest BCUT2D eigenvalue weighted by Crippen LogP contribution is -2.41. The van der Waals surface area contributed by atoms with Gasteiger partial charge in [-0.3, -0.25) is 0 Å². The van der Waals surface area contributed by atoms with E-state index >= 15 is 0 Å². The Bertz CT molecular complexity index is 2010. The molecule has 6 aromatic carbocycles. The summed E-state index contributed by atoms with van der Waals surface area (Å²) in [7, 11) is 0. The fourth-order valence-electron chi connectivity index (χ4n) is 7.35. The molecular formula is C40H30S. The molecule has 1 aliphatic carbocycles. The quantitative estimate of drug-likeness (QED) is 0.208. The molecule has 0 atom stereocenters. The molecule has 8 rings (SSSR count). The number of rotatable bonds is 3. The van der Waals surface area contributed by atoms with Gasteiger partial charge in [0, 0.05) is 25.6 Å².